The zero-order valence-electron chi connectivity index (χ0n) is 31.5. The van der Waals surface area contributed by atoms with E-state index in [2.05, 4.69) is 58.7 Å². The molecule has 0 aromatic rings. The molecule has 6 aliphatic carbocycles. The Bertz CT molecular complexity index is 1220. The van der Waals surface area contributed by atoms with E-state index in [1.165, 1.54) is 70.6 Å². The first-order valence-electron chi connectivity index (χ1n) is 20.2. The van der Waals surface area contributed by atoms with Crippen molar-refractivity contribution in [3.05, 3.63) is 0 Å². The summed E-state index contributed by atoms with van der Waals surface area (Å²) in [6.45, 7) is 19.7. The van der Waals surface area contributed by atoms with Crippen molar-refractivity contribution < 1.29 is 18.9 Å². The summed E-state index contributed by atoms with van der Waals surface area (Å²) in [6.07, 6.45) is 17.1. The molecule has 1 heterocycles. The van der Waals surface area contributed by atoms with Crippen LogP contribution in [0.2, 0.25) is 0 Å². The normalized spacial score (nSPS) is 47.4. The van der Waals surface area contributed by atoms with Gasteiger partial charge in [0.15, 0.2) is 0 Å². The van der Waals surface area contributed by atoms with E-state index in [0.717, 1.165) is 67.5 Å². The van der Waals surface area contributed by atoms with Crippen LogP contribution in [0.3, 0.4) is 0 Å². The Labute approximate surface area is 295 Å². The largest absolute Gasteiger partial charge is 0.616 e. The van der Waals surface area contributed by atoms with Crippen molar-refractivity contribution in [1.29, 1.82) is 0 Å². The number of esters is 1. The third-order valence-electron chi connectivity index (χ3n) is 17.4. The minimum atomic E-state index is -0.616. The lowest BCUT2D eigenvalue weighted by molar-refractivity contribution is -0.224. The molecule has 0 aromatic carbocycles. The van der Waals surface area contributed by atoms with Crippen LogP contribution < -0.4 is 5.32 Å². The Morgan fingerprint density at radius 2 is 1.62 bits per heavy atom. The van der Waals surface area contributed by atoms with E-state index in [1.54, 1.807) is 0 Å². The molecule has 6 nitrogen and oxygen atoms in total. The number of carbonyl (C=O) groups excluding carboxylic acids is 2. The van der Waals surface area contributed by atoms with Crippen LogP contribution in [0.15, 0.2) is 0 Å². The second kappa shape index (κ2) is 12.8. The monoisotopic (exact) mass is 684 g/mol. The molecule has 12 atom stereocenters. The number of ether oxygens (including phenoxy) is 1. The maximum atomic E-state index is 13.5. The average molecular weight is 685 g/mol. The summed E-state index contributed by atoms with van der Waals surface area (Å²) in [6, 6.07) is 0.561. The number of nitrogens with one attached hydrogen (secondary N) is 1. The standard InChI is InChI=1S/C41H68N2O4S/c1-8-28(43-20-22-48(46)23-21-43)25-42-41-16-9-10-31(41)29-11-12-34-39(6,30(29)13-19-41)17-14-33-38(4,5)35(15-18-40(33,34)7)47-36(45)32-24-27(26-44)37(32,2)3/h26-35,42H,8-25H2,1-7H3/t27?,28?,29?,30?,31-,32?,33?,34?,35?,39?,40?,41?/m1/s1. The molecule has 7 heteroatoms. The first-order valence-corrected chi connectivity index (χ1v) is 21.7. The van der Waals surface area contributed by atoms with Crippen molar-refractivity contribution in [2.24, 2.45) is 63.1 Å². The van der Waals surface area contributed by atoms with Crippen LogP contribution in [0.5, 0.6) is 0 Å². The molecule has 1 saturated heterocycles. The molecule has 1 N–H and O–H groups in total. The van der Waals surface area contributed by atoms with Crippen LogP contribution in [0.25, 0.3) is 0 Å². The maximum Gasteiger partial charge on any atom is 0.309 e. The van der Waals surface area contributed by atoms with Crippen LogP contribution in [-0.2, 0) is 25.5 Å². The van der Waals surface area contributed by atoms with Gasteiger partial charge in [-0.05, 0) is 123 Å². The molecule has 0 amide bonds. The van der Waals surface area contributed by atoms with Crippen molar-refractivity contribution in [3.63, 3.8) is 0 Å². The fourth-order valence-corrected chi connectivity index (χ4v) is 15.5. The third kappa shape index (κ3) is 5.51. The summed E-state index contributed by atoms with van der Waals surface area (Å²) < 4.78 is 18.5. The summed E-state index contributed by atoms with van der Waals surface area (Å²) in [7, 11) is 0. The van der Waals surface area contributed by atoms with Crippen molar-refractivity contribution in [1.82, 2.24) is 10.2 Å². The van der Waals surface area contributed by atoms with Crippen molar-refractivity contribution in [3.8, 4) is 0 Å². The lowest BCUT2D eigenvalue weighted by Gasteiger charge is -2.69. The van der Waals surface area contributed by atoms with Gasteiger partial charge in [0.05, 0.1) is 5.92 Å². The number of hydrogen-bond donors (Lipinski definition) is 1. The minimum absolute atomic E-state index is 0.0318. The topological polar surface area (TPSA) is 81.7 Å². The molecule has 0 radical (unpaired) electrons. The number of nitrogens with zero attached hydrogens (tertiary/aromatic N) is 1. The Balaban J connectivity index is 1.03. The van der Waals surface area contributed by atoms with Gasteiger partial charge in [-0.2, -0.15) is 0 Å². The highest BCUT2D eigenvalue weighted by Gasteiger charge is 2.67. The predicted octanol–water partition coefficient (Wildman–Crippen LogP) is 7.41. The van der Waals surface area contributed by atoms with E-state index in [9.17, 15) is 14.1 Å². The van der Waals surface area contributed by atoms with Crippen molar-refractivity contribution in [2.45, 2.75) is 150 Å². The number of carbonyl (C=O) groups is 2. The van der Waals surface area contributed by atoms with Crippen LogP contribution in [0.4, 0.5) is 0 Å². The summed E-state index contributed by atoms with van der Waals surface area (Å²) in [5.74, 6) is 5.24. The van der Waals surface area contributed by atoms with Crippen LogP contribution in [-0.4, -0.2) is 70.5 Å². The summed E-state index contributed by atoms with van der Waals surface area (Å²) in [5, 5.41) is 4.31. The van der Waals surface area contributed by atoms with Crippen molar-refractivity contribution in [2.75, 3.05) is 31.1 Å². The van der Waals surface area contributed by atoms with Gasteiger partial charge in [-0.25, -0.2) is 0 Å². The third-order valence-corrected chi connectivity index (χ3v) is 18.7. The van der Waals surface area contributed by atoms with E-state index in [0.29, 0.717) is 29.3 Å². The molecule has 272 valence electrons. The van der Waals surface area contributed by atoms with Crippen LogP contribution in [0, 0.1) is 63.1 Å². The van der Waals surface area contributed by atoms with Crippen LogP contribution in [0.1, 0.15) is 132 Å². The van der Waals surface area contributed by atoms with E-state index in [-0.39, 0.29) is 40.2 Å². The first kappa shape index (κ1) is 35.8. The van der Waals surface area contributed by atoms with Gasteiger partial charge < -0.3 is 19.4 Å². The molecule has 11 unspecified atom stereocenters. The minimum Gasteiger partial charge on any atom is -0.616 e. The Kier molecular flexibility index (Phi) is 9.53. The van der Waals surface area contributed by atoms with Gasteiger partial charge in [0.25, 0.3) is 0 Å². The van der Waals surface area contributed by atoms with Gasteiger partial charge in [0, 0.05) is 42.5 Å². The van der Waals surface area contributed by atoms with Gasteiger partial charge >= 0.3 is 5.97 Å². The molecule has 7 rings (SSSR count). The van der Waals surface area contributed by atoms with E-state index >= 15 is 0 Å². The fraction of sp³-hybridized carbons (Fsp3) is 0.951. The molecule has 6 saturated carbocycles. The lowest BCUT2D eigenvalue weighted by Crippen LogP contribution is -2.65. The Morgan fingerprint density at radius 1 is 0.896 bits per heavy atom. The highest BCUT2D eigenvalue weighted by molar-refractivity contribution is 7.91. The molecule has 48 heavy (non-hydrogen) atoms. The van der Waals surface area contributed by atoms with E-state index in [1.807, 2.05) is 0 Å². The SMILES string of the molecule is CCC(CNC12CCC[C@@H]1C1CCC3C(C)(CCC4C(C)(C)C(OC(=O)C5CC(C=O)C5(C)C)CCC43C)C1CC2)N1CC[S+]([O-])CC1. The molecule has 0 aromatic heterocycles. The Hall–Kier alpha value is -0.630. The zero-order chi connectivity index (χ0) is 34.3. The number of hydrogen-bond acceptors (Lipinski definition) is 6. The molecule has 7 aliphatic rings. The predicted molar refractivity (Wildman–Crippen MR) is 194 cm³/mol. The molecular formula is C41H68N2O4S. The smallest absolute Gasteiger partial charge is 0.309 e. The first-order chi connectivity index (χ1) is 22.7. The second-order valence-corrected chi connectivity index (χ2v) is 21.4. The van der Waals surface area contributed by atoms with Gasteiger partial charge in [-0.15, -0.1) is 0 Å². The zero-order valence-corrected chi connectivity index (χ0v) is 32.3. The lowest BCUT2D eigenvalue weighted by atomic mass is 9.36. The average Bonchev–Trinajstić information content (AvgIpc) is 3.48. The number of aldehydes is 1. The van der Waals surface area contributed by atoms with Crippen molar-refractivity contribution >= 4 is 23.4 Å². The molecule has 0 spiro atoms. The molecule has 1 aliphatic heterocycles. The molecule has 0 bridgehead atoms. The maximum absolute atomic E-state index is 13.5. The van der Waals surface area contributed by atoms with Gasteiger partial charge in [0.1, 0.15) is 23.9 Å². The molecule has 7 fully saturated rings. The quantitative estimate of drug-likeness (QED) is 0.163. The number of rotatable bonds is 8. The summed E-state index contributed by atoms with van der Waals surface area (Å²) in [5.41, 5.74) is 0.671. The van der Waals surface area contributed by atoms with Crippen LogP contribution >= 0.6 is 0 Å². The molecular weight excluding hydrogens is 617 g/mol. The highest BCUT2D eigenvalue weighted by atomic mass is 32.2. The van der Waals surface area contributed by atoms with Gasteiger partial charge in [-0.1, -0.05) is 66.1 Å². The second-order valence-electron chi connectivity index (χ2n) is 19.7. The van der Waals surface area contributed by atoms with E-state index < -0.39 is 11.2 Å². The van der Waals surface area contributed by atoms with Gasteiger partial charge in [-0.3, -0.25) is 9.69 Å². The van der Waals surface area contributed by atoms with E-state index in [4.69, 9.17) is 4.74 Å². The fourth-order valence-electron chi connectivity index (χ4n) is 14.4. The highest BCUT2D eigenvalue weighted by Crippen LogP contribution is 2.72. The van der Waals surface area contributed by atoms with Gasteiger partial charge in [0.2, 0.25) is 0 Å². The summed E-state index contributed by atoms with van der Waals surface area (Å²) in [4.78, 5) is 27.6. The summed E-state index contributed by atoms with van der Waals surface area (Å²) >= 11 is -0.616. The number of fused-ring (bicyclic) bond motifs is 7. The Morgan fingerprint density at radius 3 is 2.31 bits per heavy atom.